The summed E-state index contributed by atoms with van der Waals surface area (Å²) in [6, 6.07) is -0.453. The molecule has 2 fully saturated rings. The van der Waals surface area contributed by atoms with Gasteiger partial charge in [-0.1, -0.05) is 6.92 Å². The average Bonchev–Trinajstić information content (AvgIpc) is 2.86. The molecule has 0 aromatic heterocycles. The molecule has 0 bridgehead atoms. The second kappa shape index (κ2) is 5.32. The topological polar surface area (TPSA) is 69.6 Å². The summed E-state index contributed by atoms with van der Waals surface area (Å²) in [7, 11) is 0. The molecule has 2 aliphatic heterocycles. The molecule has 5 nitrogen and oxygen atoms in total. The first-order chi connectivity index (χ1) is 8.89. The van der Waals surface area contributed by atoms with Crippen molar-refractivity contribution in [3.05, 3.63) is 0 Å². The van der Waals surface area contributed by atoms with Crippen molar-refractivity contribution < 1.29 is 14.7 Å². The molecule has 4 unspecified atom stereocenters. The molecule has 0 aliphatic carbocycles. The third-order valence-electron chi connectivity index (χ3n) is 4.26. The molecular weight excluding hydrogens is 264 g/mol. The highest BCUT2D eigenvalue weighted by Crippen LogP contribution is 2.47. The Hall–Kier alpha value is -0.750. The molecule has 6 heteroatoms. The Bertz CT molecular complexity index is 390. The van der Waals surface area contributed by atoms with Crippen LogP contribution < -0.4 is 5.32 Å². The molecule has 2 aliphatic rings. The Morgan fingerprint density at radius 1 is 1.63 bits per heavy atom. The first-order valence-corrected chi connectivity index (χ1v) is 7.75. The second-order valence-corrected chi connectivity index (χ2v) is 7.22. The number of aliphatic hydroxyl groups excluding tert-OH is 1. The summed E-state index contributed by atoms with van der Waals surface area (Å²) < 4.78 is 0. The lowest BCUT2D eigenvalue weighted by Crippen LogP contribution is -2.52. The molecule has 0 spiro atoms. The first kappa shape index (κ1) is 14.7. The van der Waals surface area contributed by atoms with E-state index in [1.807, 2.05) is 20.8 Å². The van der Waals surface area contributed by atoms with Crippen LogP contribution in [0.4, 0.5) is 0 Å². The van der Waals surface area contributed by atoms with Gasteiger partial charge in [-0.25, -0.2) is 0 Å². The van der Waals surface area contributed by atoms with Crippen LogP contribution in [-0.2, 0) is 9.59 Å². The van der Waals surface area contributed by atoms with Crippen LogP contribution in [0.3, 0.4) is 0 Å². The van der Waals surface area contributed by atoms with E-state index in [0.29, 0.717) is 12.2 Å². The minimum atomic E-state index is -0.363. The summed E-state index contributed by atoms with van der Waals surface area (Å²) in [5, 5.41) is 12.0. The van der Waals surface area contributed by atoms with Gasteiger partial charge in [0.15, 0.2) is 0 Å². The van der Waals surface area contributed by atoms with Gasteiger partial charge in [0.2, 0.25) is 11.8 Å². The molecule has 4 atom stereocenters. The summed E-state index contributed by atoms with van der Waals surface area (Å²) in [6.45, 7) is 5.85. The van der Waals surface area contributed by atoms with Gasteiger partial charge in [-0.15, -0.1) is 11.8 Å². The van der Waals surface area contributed by atoms with Gasteiger partial charge < -0.3 is 15.3 Å². The van der Waals surface area contributed by atoms with E-state index in [1.54, 1.807) is 16.7 Å². The monoisotopic (exact) mass is 286 g/mol. The minimum absolute atomic E-state index is 0.0127. The maximum Gasteiger partial charge on any atom is 0.243 e. The number of hydrogen-bond acceptors (Lipinski definition) is 4. The van der Waals surface area contributed by atoms with Crippen LogP contribution in [0.5, 0.6) is 0 Å². The summed E-state index contributed by atoms with van der Waals surface area (Å²) in [5.41, 5.74) is 0. The Morgan fingerprint density at radius 3 is 2.95 bits per heavy atom. The number of nitrogens with zero attached hydrogens (tertiary/aromatic N) is 1. The number of thioether (sulfide) groups is 1. The normalized spacial score (nSPS) is 33.2. The average molecular weight is 286 g/mol. The van der Waals surface area contributed by atoms with E-state index in [2.05, 4.69) is 5.32 Å². The van der Waals surface area contributed by atoms with E-state index >= 15 is 0 Å². The van der Waals surface area contributed by atoms with Gasteiger partial charge >= 0.3 is 0 Å². The van der Waals surface area contributed by atoms with Crippen molar-refractivity contribution in [1.82, 2.24) is 10.2 Å². The third kappa shape index (κ3) is 2.60. The molecule has 108 valence electrons. The first-order valence-electron chi connectivity index (χ1n) is 6.76. The number of amides is 2. The zero-order valence-corrected chi connectivity index (χ0v) is 12.5. The molecule has 0 aromatic carbocycles. The lowest BCUT2D eigenvalue weighted by molar-refractivity contribution is -0.138. The summed E-state index contributed by atoms with van der Waals surface area (Å²) in [6.07, 6.45) is 1.36. The fraction of sp³-hybridized carbons (Fsp3) is 0.846. The molecule has 2 N–H and O–H groups in total. The van der Waals surface area contributed by atoms with Gasteiger partial charge in [-0.05, 0) is 26.2 Å². The van der Waals surface area contributed by atoms with E-state index in [1.165, 1.54) is 0 Å². The maximum atomic E-state index is 12.3. The van der Waals surface area contributed by atoms with Crippen LogP contribution in [0.25, 0.3) is 0 Å². The van der Waals surface area contributed by atoms with Gasteiger partial charge in [0.05, 0.1) is 4.87 Å². The van der Waals surface area contributed by atoms with Gasteiger partial charge in [-0.2, -0.15) is 0 Å². The van der Waals surface area contributed by atoms with Crippen LogP contribution in [0.1, 0.15) is 33.6 Å². The maximum absolute atomic E-state index is 12.3. The SMILES string of the molecule is CC(CO)C(C)NC(=O)C1CSC2(C)CCC(=O)N12. The van der Waals surface area contributed by atoms with Crippen molar-refractivity contribution in [1.29, 1.82) is 0 Å². The highest BCUT2D eigenvalue weighted by Gasteiger charge is 2.52. The molecule has 0 radical (unpaired) electrons. The molecule has 2 saturated heterocycles. The number of fused-ring (bicyclic) bond motifs is 1. The highest BCUT2D eigenvalue weighted by molar-refractivity contribution is 8.01. The molecular formula is C13H22N2O3S. The zero-order valence-electron chi connectivity index (χ0n) is 11.7. The quantitative estimate of drug-likeness (QED) is 0.793. The van der Waals surface area contributed by atoms with Crippen molar-refractivity contribution in [3.8, 4) is 0 Å². The van der Waals surface area contributed by atoms with Crippen molar-refractivity contribution in [2.24, 2.45) is 5.92 Å². The van der Waals surface area contributed by atoms with Crippen LogP contribution in [0.2, 0.25) is 0 Å². The minimum Gasteiger partial charge on any atom is -0.396 e. The van der Waals surface area contributed by atoms with Crippen LogP contribution in [-0.4, -0.2) is 51.1 Å². The van der Waals surface area contributed by atoms with Crippen LogP contribution >= 0.6 is 11.8 Å². The van der Waals surface area contributed by atoms with Crippen molar-refractivity contribution >= 4 is 23.6 Å². The lowest BCUT2D eigenvalue weighted by atomic mass is 10.0. The van der Waals surface area contributed by atoms with E-state index in [-0.39, 0.29) is 41.3 Å². The van der Waals surface area contributed by atoms with E-state index in [9.17, 15) is 9.59 Å². The molecule has 0 aromatic rings. The number of aliphatic hydroxyl groups is 1. The third-order valence-corrected chi connectivity index (χ3v) is 5.76. The Kier molecular flexibility index (Phi) is 4.11. The smallest absolute Gasteiger partial charge is 0.243 e. The number of rotatable bonds is 4. The number of carbonyl (C=O) groups excluding carboxylic acids is 2. The van der Waals surface area contributed by atoms with Crippen LogP contribution in [0, 0.1) is 5.92 Å². The lowest BCUT2D eigenvalue weighted by Gasteiger charge is -2.31. The Balaban J connectivity index is 2.02. The molecule has 2 rings (SSSR count). The largest absolute Gasteiger partial charge is 0.396 e. The van der Waals surface area contributed by atoms with Gasteiger partial charge in [0.25, 0.3) is 0 Å². The molecule has 2 heterocycles. The van der Waals surface area contributed by atoms with Crippen molar-refractivity contribution in [3.63, 3.8) is 0 Å². The predicted octanol–water partition coefficient (Wildman–Crippen LogP) is 0.573. The fourth-order valence-corrected chi connectivity index (χ4v) is 4.07. The van der Waals surface area contributed by atoms with E-state index in [4.69, 9.17) is 5.11 Å². The summed E-state index contributed by atoms with van der Waals surface area (Å²) in [4.78, 5) is 25.8. The highest BCUT2D eigenvalue weighted by atomic mass is 32.2. The fourth-order valence-electron chi connectivity index (χ4n) is 2.64. The number of carbonyl (C=O) groups is 2. The summed E-state index contributed by atoms with van der Waals surface area (Å²) in [5.74, 6) is 0.655. The van der Waals surface area contributed by atoms with Crippen molar-refractivity contribution in [2.45, 2.75) is 50.6 Å². The van der Waals surface area contributed by atoms with Crippen LogP contribution in [0.15, 0.2) is 0 Å². The molecule has 19 heavy (non-hydrogen) atoms. The van der Waals surface area contributed by atoms with E-state index < -0.39 is 0 Å². The zero-order chi connectivity index (χ0) is 14.2. The Morgan fingerprint density at radius 2 is 2.32 bits per heavy atom. The van der Waals surface area contributed by atoms with Gasteiger partial charge in [-0.3, -0.25) is 9.59 Å². The molecule has 0 saturated carbocycles. The predicted molar refractivity (Wildman–Crippen MR) is 74.6 cm³/mol. The van der Waals surface area contributed by atoms with Gasteiger partial charge in [0, 0.05) is 24.8 Å². The van der Waals surface area contributed by atoms with Gasteiger partial charge in [0.1, 0.15) is 6.04 Å². The second-order valence-electron chi connectivity index (χ2n) is 5.72. The number of hydrogen-bond donors (Lipinski definition) is 2. The number of nitrogens with one attached hydrogen (secondary N) is 1. The Labute approximate surface area is 118 Å². The van der Waals surface area contributed by atoms with Crippen molar-refractivity contribution in [2.75, 3.05) is 12.4 Å². The molecule has 2 amide bonds. The summed E-state index contributed by atoms with van der Waals surface area (Å²) >= 11 is 1.69. The standard InChI is InChI=1S/C13H22N2O3S/c1-8(6-16)9(2)14-12(18)10-7-19-13(3)5-4-11(17)15(10)13/h8-10,16H,4-7H2,1-3H3,(H,14,18). The van der Waals surface area contributed by atoms with E-state index in [0.717, 1.165) is 6.42 Å².